The zero-order chi connectivity index (χ0) is 25.8. The number of hydrogen-bond donors (Lipinski definition) is 1. The van der Waals surface area contributed by atoms with Gasteiger partial charge in [0, 0.05) is 57.1 Å². The van der Waals surface area contributed by atoms with Gasteiger partial charge in [0.1, 0.15) is 0 Å². The number of nitrogens with one attached hydrogen (secondary N) is 1. The minimum atomic E-state index is -3.58. The molecule has 2 aromatic rings. The topological polar surface area (TPSA) is 116 Å². The van der Waals surface area contributed by atoms with Crippen molar-refractivity contribution in [2.24, 2.45) is 0 Å². The number of carbonyl (C=O) groups excluding carboxylic acids is 1. The molecule has 2 aromatic carbocycles. The van der Waals surface area contributed by atoms with E-state index in [2.05, 4.69) is 10.2 Å². The van der Waals surface area contributed by atoms with Gasteiger partial charge < -0.3 is 10.1 Å². The number of rotatable bonds is 8. The SMILES string of the molecule is CCS(=O)(=O)N1CCN(Cc2ccc(C(=O)Nc3ccc(S(=O)(=O)N4CCOCC4)cc3)cc2)CC1. The van der Waals surface area contributed by atoms with Crippen molar-refractivity contribution in [2.45, 2.75) is 18.4 Å². The Labute approximate surface area is 212 Å². The van der Waals surface area contributed by atoms with Crippen molar-refractivity contribution < 1.29 is 26.4 Å². The molecule has 0 aromatic heterocycles. The van der Waals surface area contributed by atoms with E-state index >= 15 is 0 Å². The molecule has 0 atom stereocenters. The third-order valence-corrected chi connectivity index (χ3v) is 10.2. The Morgan fingerprint density at radius 1 is 0.833 bits per heavy atom. The van der Waals surface area contributed by atoms with Crippen molar-refractivity contribution in [3.63, 3.8) is 0 Å². The molecule has 12 heteroatoms. The molecule has 0 spiro atoms. The van der Waals surface area contributed by atoms with Crippen molar-refractivity contribution in [3.8, 4) is 0 Å². The van der Waals surface area contributed by atoms with Crippen LogP contribution in [0.1, 0.15) is 22.8 Å². The first-order chi connectivity index (χ1) is 17.2. The van der Waals surface area contributed by atoms with Crippen LogP contribution >= 0.6 is 0 Å². The maximum atomic E-state index is 12.7. The molecule has 0 unspecified atom stereocenters. The van der Waals surface area contributed by atoms with E-state index in [9.17, 15) is 21.6 Å². The van der Waals surface area contributed by atoms with Gasteiger partial charge in [0.05, 0.1) is 23.9 Å². The van der Waals surface area contributed by atoms with Crippen LogP contribution in [0.5, 0.6) is 0 Å². The first-order valence-corrected chi connectivity index (χ1v) is 15.0. The molecular weight excluding hydrogens is 504 g/mol. The first kappa shape index (κ1) is 26.7. The summed E-state index contributed by atoms with van der Waals surface area (Å²) in [6, 6.07) is 13.4. The van der Waals surface area contributed by atoms with E-state index in [1.54, 1.807) is 35.5 Å². The number of nitrogens with zero attached hydrogens (tertiary/aromatic N) is 3. The minimum Gasteiger partial charge on any atom is -0.379 e. The van der Waals surface area contributed by atoms with Gasteiger partial charge in [0.2, 0.25) is 20.0 Å². The lowest BCUT2D eigenvalue weighted by Crippen LogP contribution is -2.48. The molecule has 2 aliphatic heterocycles. The smallest absolute Gasteiger partial charge is 0.255 e. The lowest BCUT2D eigenvalue weighted by Gasteiger charge is -2.33. The summed E-state index contributed by atoms with van der Waals surface area (Å²) in [4.78, 5) is 15.1. The highest BCUT2D eigenvalue weighted by Gasteiger charge is 2.27. The highest BCUT2D eigenvalue weighted by atomic mass is 32.2. The van der Waals surface area contributed by atoms with Gasteiger partial charge in [-0.15, -0.1) is 0 Å². The molecule has 196 valence electrons. The second-order valence-corrected chi connectivity index (χ2v) is 13.0. The van der Waals surface area contributed by atoms with Gasteiger partial charge in [0.15, 0.2) is 0 Å². The molecule has 36 heavy (non-hydrogen) atoms. The van der Waals surface area contributed by atoms with Crippen molar-refractivity contribution in [2.75, 3.05) is 63.6 Å². The van der Waals surface area contributed by atoms with Crippen molar-refractivity contribution in [1.29, 1.82) is 0 Å². The maximum absolute atomic E-state index is 12.7. The van der Waals surface area contributed by atoms with Crippen LogP contribution in [0.25, 0.3) is 0 Å². The predicted molar refractivity (Wildman–Crippen MR) is 137 cm³/mol. The molecular formula is C24H32N4O6S2. The normalized spacial score (nSPS) is 18.7. The Kier molecular flexibility index (Phi) is 8.43. The van der Waals surface area contributed by atoms with E-state index in [1.807, 2.05) is 12.1 Å². The first-order valence-electron chi connectivity index (χ1n) is 12.0. The molecule has 10 nitrogen and oxygen atoms in total. The van der Waals surface area contributed by atoms with Crippen molar-refractivity contribution in [1.82, 2.24) is 13.5 Å². The van der Waals surface area contributed by atoms with Gasteiger partial charge >= 0.3 is 0 Å². The van der Waals surface area contributed by atoms with E-state index in [0.29, 0.717) is 70.3 Å². The van der Waals surface area contributed by atoms with Gasteiger partial charge in [0.25, 0.3) is 5.91 Å². The molecule has 1 amide bonds. The Bertz CT molecular complexity index is 1250. The van der Waals surface area contributed by atoms with Gasteiger partial charge in [-0.1, -0.05) is 12.1 Å². The average Bonchev–Trinajstić information content (AvgIpc) is 2.90. The van der Waals surface area contributed by atoms with Gasteiger partial charge in [-0.05, 0) is 48.9 Å². The van der Waals surface area contributed by atoms with Gasteiger partial charge in [-0.3, -0.25) is 9.69 Å². The molecule has 2 aliphatic rings. The summed E-state index contributed by atoms with van der Waals surface area (Å²) in [7, 11) is -6.73. The quantitative estimate of drug-likeness (QED) is 0.543. The Morgan fingerprint density at radius 3 is 2.03 bits per heavy atom. The van der Waals surface area contributed by atoms with E-state index in [1.165, 1.54) is 16.4 Å². The van der Waals surface area contributed by atoms with Crippen molar-refractivity contribution >= 4 is 31.6 Å². The van der Waals surface area contributed by atoms with Crippen molar-refractivity contribution in [3.05, 3.63) is 59.7 Å². The number of ether oxygens (including phenoxy) is 1. The van der Waals surface area contributed by atoms with E-state index in [0.717, 1.165) is 5.56 Å². The lowest BCUT2D eigenvalue weighted by molar-refractivity contribution is 0.0730. The molecule has 1 N–H and O–H groups in total. The van der Waals surface area contributed by atoms with Crippen LogP contribution in [0.15, 0.2) is 53.4 Å². The summed E-state index contributed by atoms with van der Waals surface area (Å²) in [5.74, 6) is -0.169. The average molecular weight is 537 g/mol. The molecule has 0 radical (unpaired) electrons. The summed E-state index contributed by atoms with van der Waals surface area (Å²) >= 11 is 0. The summed E-state index contributed by atoms with van der Waals surface area (Å²) in [5.41, 5.74) is 2.03. The Balaban J connectivity index is 1.30. The molecule has 2 heterocycles. The van der Waals surface area contributed by atoms with Crippen LogP contribution in [-0.2, 0) is 31.3 Å². The monoisotopic (exact) mass is 536 g/mol. The lowest BCUT2D eigenvalue weighted by atomic mass is 10.1. The number of anilines is 1. The van der Waals surface area contributed by atoms with Gasteiger partial charge in [-0.25, -0.2) is 16.8 Å². The second kappa shape index (κ2) is 11.4. The fourth-order valence-corrected chi connectivity index (χ4v) is 6.71. The second-order valence-electron chi connectivity index (χ2n) is 8.77. The molecule has 4 rings (SSSR count). The zero-order valence-electron chi connectivity index (χ0n) is 20.3. The number of carbonyl (C=O) groups is 1. The van der Waals surface area contributed by atoms with Crippen LogP contribution < -0.4 is 5.32 Å². The Hall–Kier alpha value is -2.35. The summed E-state index contributed by atoms with van der Waals surface area (Å²) in [5, 5.41) is 2.80. The Morgan fingerprint density at radius 2 is 1.44 bits per heavy atom. The number of piperazine rings is 1. The number of morpholine rings is 1. The van der Waals surface area contributed by atoms with Crippen LogP contribution in [0, 0.1) is 0 Å². The summed E-state index contributed by atoms with van der Waals surface area (Å²) in [6.07, 6.45) is 0. The van der Waals surface area contributed by atoms with Crippen LogP contribution in [0.2, 0.25) is 0 Å². The van der Waals surface area contributed by atoms with Gasteiger partial charge in [-0.2, -0.15) is 8.61 Å². The molecule has 2 saturated heterocycles. The highest BCUT2D eigenvalue weighted by Crippen LogP contribution is 2.20. The molecule has 0 saturated carbocycles. The standard InChI is InChI=1S/C24H32N4O6S2/c1-2-35(30,31)27-13-11-26(12-14-27)19-20-3-5-21(6-4-20)24(29)25-22-7-9-23(10-8-22)36(32,33)28-15-17-34-18-16-28/h3-10H,2,11-19H2,1H3,(H,25,29). The fourth-order valence-electron chi connectivity index (χ4n) is 4.22. The number of hydrogen-bond acceptors (Lipinski definition) is 7. The molecule has 2 fully saturated rings. The third-order valence-electron chi connectivity index (χ3n) is 6.43. The summed E-state index contributed by atoms with van der Waals surface area (Å²) < 4.78 is 57.7. The van der Waals surface area contributed by atoms with E-state index < -0.39 is 20.0 Å². The number of benzene rings is 2. The molecule has 0 bridgehead atoms. The van der Waals surface area contributed by atoms with Crippen LogP contribution in [-0.4, -0.2) is 94.5 Å². The third kappa shape index (κ3) is 6.31. The maximum Gasteiger partial charge on any atom is 0.255 e. The fraction of sp³-hybridized carbons (Fsp3) is 0.458. The highest BCUT2D eigenvalue weighted by molar-refractivity contribution is 7.89. The van der Waals surface area contributed by atoms with E-state index in [-0.39, 0.29) is 16.6 Å². The molecule has 0 aliphatic carbocycles. The minimum absolute atomic E-state index is 0.119. The predicted octanol–water partition coefficient (Wildman–Crippen LogP) is 1.43. The van der Waals surface area contributed by atoms with Crippen LogP contribution in [0.3, 0.4) is 0 Å². The number of sulfonamides is 2. The largest absolute Gasteiger partial charge is 0.379 e. The van der Waals surface area contributed by atoms with Crippen LogP contribution in [0.4, 0.5) is 5.69 Å². The van der Waals surface area contributed by atoms with E-state index in [4.69, 9.17) is 4.74 Å². The summed E-state index contributed by atoms with van der Waals surface area (Å²) in [6.45, 7) is 6.07. The zero-order valence-corrected chi connectivity index (χ0v) is 21.9. The number of amides is 1.